The summed E-state index contributed by atoms with van der Waals surface area (Å²) in [6, 6.07) is 3.17. The average molecular weight is 246 g/mol. The van der Waals surface area contributed by atoms with Gasteiger partial charge in [-0.05, 0) is 31.2 Å². The van der Waals surface area contributed by atoms with E-state index in [4.69, 9.17) is 5.73 Å². The molecule has 0 aliphatic heterocycles. The third-order valence-corrected chi connectivity index (χ3v) is 3.36. The van der Waals surface area contributed by atoms with E-state index < -0.39 is 5.82 Å². The Morgan fingerprint density at radius 2 is 2.06 bits per heavy atom. The second kappa shape index (κ2) is 5.02. The van der Waals surface area contributed by atoms with Gasteiger partial charge in [-0.2, -0.15) is 0 Å². The summed E-state index contributed by atoms with van der Waals surface area (Å²) >= 11 is 0. The molecular weight excluding hydrogens is 229 g/mol. The van der Waals surface area contributed by atoms with Crippen LogP contribution in [0.3, 0.4) is 0 Å². The molecule has 2 nitrogen and oxygen atoms in total. The maximum atomic E-state index is 13.4. The van der Waals surface area contributed by atoms with Crippen LogP contribution in [0.5, 0.6) is 5.75 Å². The van der Waals surface area contributed by atoms with E-state index in [-0.39, 0.29) is 24.2 Å². The van der Waals surface area contributed by atoms with Crippen molar-refractivity contribution in [2.75, 3.05) is 0 Å². The minimum atomic E-state index is -0.540. The molecule has 1 fully saturated rings. The molecule has 0 spiro atoms. The quantitative estimate of drug-likeness (QED) is 0.841. The van der Waals surface area contributed by atoms with Crippen molar-refractivity contribution in [3.05, 3.63) is 29.1 Å². The molecule has 1 atom stereocenters. The van der Waals surface area contributed by atoms with Gasteiger partial charge in [0, 0.05) is 11.6 Å². The highest BCUT2D eigenvalue weighted by molar-refractivity contribution is 5.85. The van der Waals surface area contributed by atoms with Gasteiger partial charge in [0.25, 0.3) is 0 Å². The standard InChI is InChI=1S/C12H16FNO.ClH/c1-7-5-6-9(12(15)10(7)13)11(14)8-3-2-4-8;/h5-6,8,11,15H,2-4,14H2,1H3;1H/t11-;/m1./s1. The fourth-order valence-electron chi connectivity index (χ4n) is 2.00. The Kier molecular flexibility index (Phi) is 4.16. The van der Waals surface area contributed by atoms with Crippen molar-refractivity contribution in [3.8, 4) is 5.75 Å². The number of halogens is 2. The number of nitrogens with two attached hydrogens (primary N) is 1. The SMILES string of the molecule is Cc1ccc([C@H](N)C2CCC2)c(O)c1F.Cl. The summed E-state index contributed by atoms with van der Waals surface area (Å²) in [6.45, 7) is 1.63. The molecule has 90 valence electrons. The molecule has 16 heavy (non-hydrogen) atoms. The molecule has 2 rings (SSSR count). The van der Waals surface area contributed by atoms with Crippen LogP contribution in [0.4, 0.5) is 4.39 Å². The van der Waals surface area contributed by atoms with E-state index in [1.165, 1.54) is 6.42 Å². The van der Waals surface area contributed by atoms with Crippen molar-refractivity contribution in [1.29, 1.82) is 0 Å². The topological polar surface area (TPSA) is 46.2 Å². The van der Waals surface area contributed by atoms with Crippen molar-refractivity contribution in [1.82, 2.24) is 0 Å². The number of phenolic OH excluding ortho intramolecular Hbond substituents is 1. The first kappa shape index (κ1) is 13.3. The molecule has 0 radical (unpaired) electrons. The normalized spacial score (nSPS) is 17.4. The number of benzene rings is 1. The Bertz CT molecular complexity index is 380. The van der Waals surface area contributed by atoms with E-state index in [0.717, 1.165) is 12.8 Å². The first-order valence-electron chi connectivity index (χ1n) is 5.35. The van der Waals surface area contributed by atoms with E-state index in [2.05, 4.69) is 0 Å². The summed E-state index contributed by atoms with van der Waals surface area (Å²) in [6.07, 6.45) is 3.35. The predicted molar refractivity (Wildman–Crippen MR) is 64.3 cm³/mol. The predicted octanol–water partition coefficient (Wildman–Crippen LogP) is 3.06. The molecule has 4 heteroatoms. The lowest BCUT2D eigenvalue weighted by molar-refractivity contribution is 0.259. The average Bonchev–Trinajstić information content (AvgIpc) is 2.11. The van der Waals surface area contributed by atoms with Crippen LogP contribution in [0, 0.1) is 18.7 Å². The maximum Gasteiger partial charge on any atom is 0.168 e. The van der Waals surface area contributed by atoms with Crippen molar-refractivity contribution in [3.63, 3.8) is 0 Å². The summed E-state index contributed by atoms with van der Waals surface area (Å²) < 4.78 is 13.4. The first-order valence-corrected chi connectivity index (χ1v) is 5.35. The minimum absolute atomic E-state index is 0. The fourth-order valence-corrected chi connectivity index (χ4v) is 2.00. The third-order valence-electron chi connectivity index (χ3n) is 3.36. The maximum absolute atomic E-state index is 13.4. The van der Waals surface area contributed by atoms with Gasteiger partial charge in [-0.25, -0.2) is 4.39 Å². The summed E-state index contributed by atoms with van der Waals surface area (Å²) in [4.78, 5) is 0. The Morgan fingerprint density at radius 3 is 2.56 bits per heavy atom. The summed E-state index contributed by atoms with van der Waals surface area (Å²) in [5.41, 5.74) is 6.99. The van der Waals surface area contributed by atoms with E-state index in [1.54, 1.807) is 19.1 Å². The molecule has 3 N–H and O–H groups in total. The summed E-state index contributed by atoms with van der Waals surface area (Å²) in [5, 5.41) is 9.66. The minimum Gasteiger partial charge on any atom is -0.505 e. The van der Waals surface area contributed by atoms with Crippen LogP contribution in [-0.2, 0) is 0 Å². The smallest absolute Gasteiger partial charge is 0.168 e. The second-order valence-electron chi connectivity index (χ2n) is 4.35. The Labute approximate surface area is 101 Å². The Balaban J connectivity index is 0.00000128. The molecule has 0 unspecified atom stereocenters. The van der Waals surface area contributed by atoms with Gasteiger partial charge in [0.1, 0.15) is 0 Å². The lowest BCUT2D eigenvalue weighted by Gasteiger charge is -2.31. The molecule has 0 aromatic heterocycles. The van der Waals surface area contributed by atoms with Crippen LogP contribution >= 0.6 is 12.4 Å². The molecule has 0 bridgehead atoms. The van der Waals surface area contributed by atoms with Crippen LogP contribution < -0.4 is 5.73 Å². The van der Waals surface area contributed by atoms with Gasteiger partial charge < -0.3 is 10.8 Å². The molecule has 1 aromatic carbocycles. The van der Waals surface area contributed by atoms with E-state index >= 15 is 0 Å². The van der Waals surface area contributed by atoms with E-state index in [1.807, 2.05) is 0 Å². The van der Waals surface area contributed by atoms with E-state index in [0.29, 0.717) is 17.0 Å². The van der Waals surface area contributed by atoms with Gasteiger partial charge in [-0.15, -0.1) is 12.4 Å². The largest absolute Gasteiger partial charge is 0.505 e. The molecule has 0 saturated heterocycles. The molecule has 1 aliphatic carbocycles. The molecule has 1 saturated carbocycles. The number of phenols is 1. The fraction of sp³-hybridized carbons (Fsp3) is 0.500. The van der Waals surface area contributed by atoms with Crippen LogP contribution in [0.15, 0.2) is 12.1 Å². The van der Waals surface area contributed by atoms with Crippen LogP contribution in [0.25, 0.3) is 0 Å². The van der Waals surface area contributed by atoms with E-state index in [9.17, 15) is 9.50 Å². The number of hydrogen-bond donors (Lipinski definition) is 2. The molecular formula is C12H17ClFNO. The van der Waals surface area contributed by atoms with Crippen molar-refractivity contribution < 1.29 is 9.50 Å². The van der Waals surface area contributed by atoms with Gasteiger partial charge in [0.05, 0.1) is 0 Å². The summed E-state index contributed by atoms with van der Waals surface area (Å²) in [5.74, 6) is -0.408. The lowest BCUT2D eigenvalue weighted by Crippen LogP contribution is -2.27. The Morgan fingerprint density at radius 1 is 1.44 bits per heavy atom. The highest BCUT2D eigenvalue weighted by Crippen LogP contribution is 2.39. The number of aryl methyl sites for hydroxylation is 1. The van der Waals surface area contributed by atoms with Gasteiger partial charge in [-0.1, -0.05) is 18.6 Å². The number of rotatable bonds is 2. The lowest BCUT2D eigenvalue weighted by atomic mass is 9.77. The van der Waals surface area contributed by atoms with Crippen LogP contribution in [-0.4, -0.2) is 5.11 Å². The highest BCUT2D eigenvalue weighted by Gasteiger charge is 2.28. The molecule has 1 aromatic rings. The zero-order valence-corrected chi connectivity index (χ0v) is 10.1. The van der Waals surface area contributed by atoms with Crippen molar-refractivity contribution in [2.24, 2.45) is 11.7 Å². The first-order chi connectivity index (χ1) is 7.11. The molecule has 0 amide bonds. The molecule has 1 aliphatic rings. The Hall–Kier alpha value is -0.800. The van der Waals surface area contributed by atoms with Gasteiger partial charge in [0.2, 0.25) is 0 Å². The third kappa shape index (κ3) is 2.15. The summed E-state index contributed by atoms with van der Waals surface area (Å²) in [7, 11) is 0. The zero-order valence-electron chi connectivity index (χ0n) is 9.24. The van der Waals surface area contributed by atoms with Crippen LogP contribution in [0.2, 0.25) is 0 Å². The van der Waals surface area contributed by atoms with Gasteiger partial charge in [0.15, 0.2) is 11.6 Å². The molecule has 0 heterocycles. The highest BCUT2D eigenvalue weighted by atomic mass is 35.5. The second-order valence-corrected chi connectivity index (χ2v) is 4.35. The van der Waals surface area contributed by atoms with Crippen LogP contribution in [0.1, 0.15) is 36.4 Å². The zero-order chi connectivity index (χ0) is 11.0. The number of aromatic hydroxyl groups is 1. The monoisotopic (exact) mass is 245 g/mol. The van der Waals surface area contributed by atoms with Gasteiger partial charge in [-0.3, -0.25) is 0 Å². The van der Waals surface area contributed by atoms with Crippen molar-refractivity contribution in [2.45, 2.75) is 32.2 Å². The number of hydrogen-bond acceptors (Lipinski definition) is 2. The van der Waals surface area contributed by atoms with Gasteiger partial charge >= 0.3 is 0 Å². The van der Waals surface area contributed by atoms with Crippen molar-refractivity contribution >= 4 is 12.4 Å².